The van der Waals surface area contributed by atoms with Crippen LogP contribution in [0.4, 0.5) is 11.4 Å². The van der Waals surface area contributed by atoms with E-state index >= 15 is 0 Å². The first kappa shape index (κ1) is 19.7. The molecule has 0 atom stereocenters. The number of halogens is 4. The van der Waals surface area contributed by atoms with Gasteiger partial charge >= 0.3 is 0 Å². The van der Waals surface area contributed by atoms with E-state index in [1.54, 1.807) is 30.3 Å². The van der Waals surface area contributed by atoms with Crippen LogP contribution in [0.3, 0.4) is 0 Å². The largest absolute Gasteiger partial charge is 0.494 e. The van der Waals surface area contributed by atoms with Crippen molar-refractivity contribution in [2.45, 2.75) is 3.79 Å². The van der Waals surface area contributed by atoms with Gasteiger partial charge in [0.1, 0.15) is 5.75 Å². The van der Waals surface area contributed by atoms with Crippen LogP contribution >= 0.6 is 46.4 Å². The molecule has 132 valence electrons. The van der Waals surface area contributed by atoms with Gasteiger partial charge in [-0.15, -0.1) is 0 Å². The normalized spacial score (nSPS) is 10.9. The Labute approximate surface area is 164 Å². The number of rotatable bonds is 4. The van der Waals surface area contributed by atoms with E-state index in [4.69, 9.17) is 51.1 Å². The molecule has 2 aromatic rings. The van der Waals surface area contributed by atoms with Crippen molar-refractivity contribution >= 4 is 69.6 Å². The molecule has 0 unspecified atom stereocenters. The number of hydrogen-bond donors (Lipinski definition) is 2. The van der Waals surface area contributed by atoms with Crippen molar-refractivity contribution in [3.8, 4) is 5.75 Å². The van der Waals surface area contributed by atoms with Crippen molar-refractivity contribution in [1.82, 2.24) is 0 Å². The molecule has 0 spiro atoms. The van der Waals surface area contributed by atoms with E-state index in [0.29, 0.717) is 27.7 Å². The second-order valence-electron chi connectivity index (χ2n) is 4.80. The molecule has 0 aliphatic carbocycles. The van der Waals surface area contributed by atoms with Gasteiger partial charge in [-0.25, -0.2) is 0 Å². The maximum absolute atomic E-state index is 12.3. The average molecular weight is 422 g/mol. The van der Waals surface area contributed by atoms with Crippen LogP contribution in [0.5, 0.6) is 5.75 Å². The van der Waals surface area contributed by atoms with Crippen LogP contribution in [0, 0.1) is 0 Å². The average Bonchev–Trinajstić information content (AvgIpc) is 2.55. The zero-order valence-corrected chi connectivity index (χ0v) is 15.8. The van der Waals surface area contributed by atoms with Crippen LogP contribution in [0.25, 0.3) is 0 Å². The lowest BCUT2D eigenvalue weighted by atomic mass is 10.2. The van der Waals surface area contributed by atoms with Crippen molar-refractivity contribution in [2.75, 3.05) is 17.7 Å². The van der Waals surface area contributed by atoms with E-state index in [-0.39, 0.29) is 0 Å². The molecular formula is C16H12Cl4N2O3. The summed E-state index contributed by atoms with van der Waals surface area (Å²) in [5, 5.41) is 5.44. The zero-order chi connectivity index (χ0) is 18.6. The van der Waals surface area contributed by atoms with Crippen LogP contribution in [0.1, 0.15) is 10.4 Å². The summed E-state index contributed by atoms with van der Waals surface area (Å²) in [7, 11) is 1.42. The van der Waals surface area contributed by atoms with Gasteiger partial charge in [-0.05, 0) is 24.3 Å². The topological polar surface area (TPSA) is 67.4 Å². The van der Waals surface area contributed by atoms with Crippen molar-refractivity contribution in [3.63, 3.8) is 0 Å². The molecule has 0 saturated carbocycles. The predicted molar refractivity (Wildman–Crippen MR) is 101 cm³/mol. The van der Waals surface area contributed by atoms with Gasteiger partial charge in [0.2, 0.25) is 0 Å². The maximum atomic E-state index is 12.3. The van der Waals surface area contributed by atoms with E-state index in [2.05, 4.69) is 10.6 Å². The molecule has 0 fully saturated rings. The molecule has 0 bridgehead atoms. The third-order valence-electron chi connectivity index (χ3n) is 3.08. The van der Waals surface area contributed by atoms with Crippen molar-refractivity contribution in [3.05, 3.63) is 53.1 Å². The standard InChI is InChI=1S/C16H12Cl4N2O3/c1-25-13-8-9(21-15(24)16(18,19)20)6-7-12(13)22-14(23)10-4-2-3-5-11(10)17/h2-8H,1H3,(H,21,24)(H,22,23). The van der Waals surface area contributed by atoms with E-state index in [1.807, 2.05) is 0 Å². The second kappa shape index (κ2) is 8.15. The number of methoxy groups -OCH3 is 1. The number of benzene rings is 2. The summed E-state index contributed by atoms with van der Waals surface area (Å²) in [5.41, 5.74) is 1.04. The number of carbonyl (C=O) groups is 2. The van der Waals surface area contributed by atoms with Gasteiger partial charge in [-0.3, -0.25) is 9.59 Å². The summed E-state index contributed by atoms with van der Waals surface area (Å²) in [6.07, 6.45) is 0. The predicted octanol–water partition coefficient (Wildman–Crippen LogP) is 4.91. The van der Waals surface area contributed by atoms with Gasteiger partial charge in [0.15, 0.2) is 0 Å². The Morgan fingerprint density at radius 2 is 1.72 bits per heavy atom. The lowest BCUT2D eigenvalue weighted by Gasteiger charge is -2.15. The highest BCUT2D eigenvalue weighted by atomic mass is 35.6. The highest BCUT2D eigenvalue weighted by Crippen LogP contribution is 2.31. The molecule has 0 aliphatic heterocycles. The Morgan fingerprint density at radius 3 is 2.32 bits per heavy atom. The lowest BCUT2D eigenvalue weighted by molar-refractivity contribution is -0.115. The quantitative estimate of drug-likeness (QED) is 0.689. The Balaban J connectivity index is 2.21. The molecule has 0 saturated heterocycles. The fourth-order valence-electron chi connectivity index (χ4n) is 1.91. The molecule has 0 heterocycles. The second-order valence-corrected chi connectivity index (χ2v) is 7.49. The lowest BCUT2D eigenvalue weighted by Crippen LogP contribution is -2.26. The van der Waals surface area contributed by atoms with E-state index < -0.39 is 15.6 Å². The van der Waals surface area contributed by atoms with Crippen LogP contribution in [0.2, 0.25) is 5.02 Å². The fraction of sp³-hybridized carbons (Fsp3) is 0.125. The Hall–Kier alpha value is -1.66. The van der Waals surface area contributed by atoms with Crippen molar-refractivity contribution in [2.24, 2.45) is 0 Å². The third kappa shape index (κ3) is 5.16. The number of hydrogen-bond acceptors (Lipinski definition) is 3. The number of carbonyl (C=O) groups excluding carboxylic acids is 2. The van der Waals surface area contributed by atoms with E-state index in [9.17, 15) is 9.59 Å². The van der Waals surface area contributed by atoms with Crippen molar-refractivity contribution < 1.29 is 14.3 Å². The molecule has 2 rings (SSSR count). The number of nitrogens with one attached hydrogen (secondary N) is 2. The SMILES string of the molecule is COc1cc(NC(=O)C(Cl)(Cl)Cl)ccc1NC(=O)c1ccccc1Cl. The summed E-state index contributed by atoms with van der Waals surface area (Å²) in [6.45, 7) is 0. The molecular weight excluding hydrogens is 410 g/mol. The van der Waals surface area contributed by atoms with Gasteiger partial charge < -0.3 is 15.4 Å². The minimum absolute atomic E-state index is 0.308. The summed E-state index contributed by atoms with van der Waals surface area (Å²) in [6, 6.07) is 11.2. The highest BCUT2D eigenvalue weighted by Gasteiger charge is 2.30. The van der Waals surface area contributed by atoms with Crippen LogP contribution in [0.15, 0.2) is 42.5 Å². The first-order chi connectivity index (χ1) is 11.7. The number of alkyl halides is 3. The first-order valence-corrected chi connectivity index (χ1v) is 8.35. The molecule has 9 heteroatoms. The van der Waals surface area contributed by atoms with Gasteiger partial charge in [0.25, 0.3) is 15.6 Å². The molecule has 0 radical (unpaired) electrons. The Bertz CT molecular complexity index is 806. The summed E-state index contributed by atoms with van der Waals surface area (Å²) in [4.78, 5) is 24.0. The van der Waals surface area contributed by atoms with Gasteiger partial charge in [0, 0.05) is 11.8 Å². The van der Waals surface area contributed by atoms with E-state index in [1.165, 1.54) is 19.2 Å². The fourth-order valence-corrected chi connectivity index (χ4v) is 2.27. The molecule has 0 aromatic heterocycles. The number of anilines is 2. The van der Waals surface area contributed by atoms with Crippen LogP contribution < -0.4 is 15.4 Å². The third-order valence-corrected chi connectivity index (χ3v) is 3.93. The van der Waals surface area contributed by atoms with Gasteiger partial charge in [-0.1, -0.05) is 58.5 Å². The summed E-state index contributed by atoms with van der Waals surface area (Å²) >= 11 is 22.5. The van der Waals surface area contributed by atoms with Crippen LogP contribution in [-0.2, 0) is 4.79 Å². The van der Waals surface area contributed by atoms with E-state index in [0.717, 1.165) is 0 Å². The number of amides is 2. The molecule has 2 N–H and O–H groups in total. The monoisotopic (exact) mass is 420 g/mol. The smallest absolute Gasteiger partial charge is 0.276 e. The molecule has 5 nitrogen and oxygen atoms in total. The van der Waals surface area contributed by atoms with Gasteiger partial charge in [-0.2, -0.15) is 0 Å². The number of ether oxygens (including phenoxy) is 1. The highest BCUT2D eigenvalue weighted by molar-refractivity contribution is 6.76. The minimum atomic E-state index is -2.09. The molecule has 0 aliphatic rings. The summed E-state index contributed by atoms with van der Waals surface area (Å²) < 4.78 is 3.13. The maximum Gasteiger partial charge on any atom is 0.276 e. The molecule has 2 aromatic carbocycles. The Kier molecular flexibility index (Phi) is 6.41. The molecule has 25 heavy (non-hydrogen) atoms. The minimum Gasteiger partial charge on any atom is -0.494 e. The van der Waals surface area contributed by atoms with Gasteiger partial charge in [0.05, 0.1) is 23.4 Å². The Morgan fingerprint density at radius 1 is 1.04 bits per heavy atom. The molecule has 2 amide bonds. The first-order valence-electron chi connectivity index (χ1n) is 6.84. The summed E-state index contributed by atoms with van der Waals surface area (Å²) in [5.74, 6) is -0.906. The zero-order valence-electron chi connectivity index (χ0n) is 12.8. The van der Waals surface area contributed by atoms with Crippen LogP contribution in [-0.4, -0.2) is 22.7 Å². The van der Waals surface area contributed by atoms with Crippen molar-refractivity contribution in [1.29, 1.82) is 0 Å².